The maximum atomic E-state index is 5.12. The van der Waals surface area contributed by atoms with Crippen LogP contribution in [-0.2, 0) is 12.8 Å². The van der Waals surface area contributed by atoms with Crippen LogP contribution in [-0.4, -0.2) is 0 Å². The Kier molecular flexibility index (Phi) is 7.87. The second kappa shape index (κ2) is 12.0. The van der Waals surface area contributed by atoms with E-state index in [0.717, 1.165) is 23.8 Å². The molecular formula is C34H28OS. The Bertz CT molecular complexity index is 1420. The highest BCUT2D eigenvalue weighted by Crippen LogP contribution is 2.19. The summed E-state index contributed by atoms with van der Waals surface area (Å²) in [6, 6.07) is 37.4. The van der Waals surface area contributed by atoms with Gasteiger partial charge in [-0.3, -0.25) is 0 Å². The van der Waals surface area contributed by atoms with Gasteiger partial charge in [-0.05, 0) is 70.1 Å². The zero-order chi connectivity index (χ0) is 24.4. The zero-order valence-electron chi connectivity index (χ0n) is 20.1. The molecule has 0 saturated carbocycles. The summed E-state index contributed by atoms with van der Waals surface area (Å²) in [5.41, 5.74) is 6.64. The lowest BCUT2D eigenvalue weighted by Crippen LogP contribution is -1.76. The minimum absolute atomic E-state index is 0.956. The summed E-state index contributed by atoms with van der Waals surface area (Å²) < 4.78 is 6.49. The van der Waals surface area contributed by atoms with Gasteiger partial charge in [-0.1, -0.05) is 109 Å². The van der Waals surface area contributed by atoms with E-state index in [0.29, 0.717) is 0 Å². The van der Waals surface area contributed by atoms with Gasteiger partial charge in [0.25, 0.3) is 0 Å². The van der Waals surface area contributed by atoms with E-state index in [4.69, 9.17) is 4.42 Å². The molecule has 0 spiro atoms. The van der Waals surface area contributed by atoms with Gasteiger partial charge in [0.1, 0.15) is 5.58 Å². The van der Waals surface area contributed by atoms with Crippen molar-refractivity contribution in [2.45, 2.75) is 12.8 Å². The molecule has 2 heterocycles. The molecule has 0 unspecified atom stereocenters. The van der Waals surface area contributed by atoms with Crippen LogP contribution in [0.3, 0.4) is 0 Å². The number of rotatable bonds is 0. The van der Waals surface area contributed by atoms with E-state index in [1.165, 1.54) is 32.3 Å². The fourth-order valence-corrected chi connectivity index (χ4v) is 4.99. The second-order valence-electron chi connectivity index (χ2n) is 8.53. The molecule has 0 bridgehead atoms. The molecule has 2 aliphatic rings. The van der Waals surface area contributed by atoms with Gasteiger partial charge in [-0.15, -0.1) is 11.3 Å². The van der Waals surface area contributed by atoms with Crippen molar-refractivity contribution in [3.8, 4) is 0 Å². The fraction of sp³-hybridized carbons (Fsp3) is 0.0588. The molecule has 0 N–H and O–H groups in total. The van der Waals surface area contributed by atoms with Crippen molar-refractivity contribution in [2.75, 3.05) is 0 Å². The lowest BCUT2D eigenvalue weighted by Gasteiger charge is -1.93. The molecule has 4 aromatic carbocycles. The van der Waals surface area contributed by atoms with Gasteiger partial charge >= 0.3 is 0 Å². The van der Waals surface area contributed by atoms with Crippen LogP contribution in [0, 0.1) is 0 Å². The summed E-state index contributed by atoms with van der Waals surface area (Å²) in [4.78, 5) is 0. The molecule has 0 amide bonds. The molecule has 0 atom stereocenters. The average molecular weight is 485 g/mol. The van der Waals surface area contributed by atoms with Crippen molar-refractivity contribution in [3.63, 3.8) is 0 Å². The first-order valence-electron chi connectivity index (χ1n) is 12.2. The predicted molar refractivity (Wildman–Crippen MR) is 156 cm³/mol. The molecule has 176 valence electrons. The van der Waals surface area contributed by atoms with Gasteiger partial charge in [-0.2, -0.15) is 0 Å². The zero-order valence-corrected chi connectivity index (χ0v) is 20.9. The molecule has 0 aliphatic heterocycles. The summed E-state index contributed by atoms with van der Waals surface area (Å²) in [6.07, 6.45) is 12.7. The van der Waals surface area contributed by atoms with Gasteiger partial charge in [0, 0.05) is 10.1 Å². The smallest absolute Gasteiger partial charge is 0.133 e. The molecule has 2 aromatic heterocycles. The van der Waals surface area contributed by atoms with E-state index < -0.39 is 0 Å². The van der Waals surface area contributed by atoms with E-state index in [2.05, 4.69) is 109 Å². The lowest BCUT2D eigenvalue weighted by atomic mass is 10.1. The first-order valence-corrected chi connectivity index (χ1v) is 13.1. The first-order chi connectivity index (χ1) is 17.9. The maximum absolute atomic E-state index is 5.12. The summed E-state index contributed by atoms with van der Waals surface area (Å²) in [6.45, 7) is 0. The van der Waals surface area contributed by atoms with Gasteiger partial charge in [0.05, 0.1) is 6.26 Å². The minimum Gasteiger partial charge on any atom is -0.464 e. The number of thiophene rings is 1. The summed E-state index contributed by atoms with van der Waals surface area (Å²) in [5.74, 6) is 0. The topological polar surface area (TPSA) is 13.1 Å². The second-order valence-corrected chi connectivity index (χ2v) is 9.48. The molecule has 8 rings (SSSR count). The average Bonchev–Trinajstić information content (AvgIpc) is 3.76. The SMILES string of the molecule is C1=Cc2ccccc2C1.C1=Cc2ccccc2C1.c1ccc2occc2c1.c1ccc2sccc2c1. The highest BCUT2D eigenvalue weighted by Gasteiger charge is 2.01. The van der Waals surface area contributed by atoms with Crippen molar-refractivity contribution in [1.82, 2.24) is 0 Å². The van der Waals surface area contributed by atoms with Gasteiger partial charge in [0.15, 0.2) is 0 Å². The summed E-state index contributed by atoms with van der Waals surface area (Å²) in [5, 5.41) is 4.63. The Morgan fingerprint density at radius 2 is 1.11 bits per heavy atom. The van der Waals surface area contributed by atoms with Crippen molar-refractivity contribution in [2.24, 2.45) is 0 Å². The standard InChI is InChI=1S/2C9H8.C8H6O.C8H6S/c2*1-2-5-9-7-3-6-8(9)4-1;2*1-2-4-8-7(3-1)5-6-9-8/h2*1-6H,7H2;2*1-6H. The number of hydrogen-bond acceptors (Lipinski definition) is 2. The number of benzene rings is 4. The molecule has 1 nitrogen and oxygen atoms in total. The molecule has 0 saturated heterocycles. The molecule has 36 heavy (non-hydrogen) atoms. The highest BCUT2D eigenvalue weighted by molar-refractivity contribution is 7.17. The number of para-hydroxylation sites is 1. The third-order valence-corrected chi connectivity index (χ3v) is 7.00. The van der Waals surface area contributed by atoms with Crippen LogP contribution in [0.1, 0.15) is 22.3 Å². The Hall–Kier alpha value is -4.14. The maximum Gasteiger partial charge on any atom is 0.133 e. The molecule has 6 aromatic rings. The Balaban J connectivity index is 0.0000000988. The van der Waals surface area contributed by atoms with E-state index in [-0.39, 0.29) is 0 Å². The van der Waals surface area contributed by atoms with Crippen LogP contribution in [0.2, 0.25) is 0 Å². The third-order valence-electron chi connectivity index (χ3n) is 6.10. The molecular weight excluding hydrogens is 456 g/mol. The monoisotopic (exact) mass is 484 g/mol. The summed E-state index contributed by atoms with van der Waals surface area (Å²) >= 11 is 1.79. The van der Waals surface area contributed by atoms with Crippen molar-refractivity contribution >= 4 is 44.5 Å². The Labute approximate surface area is 216 Å². The van der Waals surface area contributed by atoms with E-state index in [9.17, 15) is 0 Å². The normalized spacial score (nSPS) is 12.0. The van der Waals surface area contributed by atoms with Gasteiger partial charge in [-0.25, -0.2) is 0 Å². The van der Waals surface area contributed by atoms with Crippen LogP contribution in [0.25, 0.3) is 33.2 Å². The van der Waals surface area contributed by atoms with Crippen molar-refractivity contribution < 1.29 is 4.42 Å². The number of furan rings is 1. The Morgan fingerprint density at radius 1 is 0.528 bits per heavy atom. The van der Waals surface area contributed by atoms with Crippen LogP contribution in [0.15, 0.2) is 137 Å². The predicted octanol–water partition coefficient (Wildman–Crippen LogP) is 9.85. The third kappa shape index (κ3) is 6.10. The van der Waals surface area contributed by atoms with Crippen molar-refractivity contribution in [1.29, 1.82) is 0 Å². The van der Waals surface area contributed by atoms with Crippen LogP contribution >= 0.6 is 11.3 Å². The highest BCUT2D eigenvalue weighted by atomic mass is 32.1. The quantitative estimate of drug-likeness (QED) is 0.209. The van der Waals surface area contributed by atoms with E-state index >= 15 is 0 Å². The molecule has 2 heteroatoms. The number of fused-ring (bicyclic) bond motifs is 4. The number of allylic oxidation sites excluding steroid dienone is 2. The first kappa shape index (κ1) is 23.6. The minimum atomic E-state index is 0.956. The molecule has 2 aliphatic carbocycles. The van der Waals surface area contributed by atoms with Crippen LogP contribution in [0.5, 0.6) is 0 Å². The Morgan fingerprint density at radius 3 is 1.75 bits per heavy atom. The van der Waals surface area contributed by atoms with Crippen LogP contribution < -0.4 is 0 Å². The number of hydrogen-bond donors (Lipinski definition) is 0. The van der Waals surface area contributed by atoms with Gasteiger partial charge in [0.2, 0.25) is 0 Å². The van der Waals surface area contributed by atoms with Crippen LogP contribution in [0.4, 0.5) is 0 Å². The van der Waals surface area contributed by atoms with Crippen molar-refractivity contribution in [3.05, 3.63) is 155 Å². The summed E-state index contributed by atoms with van der Waals surface area (Å²) in [7, 11) is 0. The van der Waals surface area contributed by atoms with Gasteiger partial charge < -0.3 is 4.42 Å². The largest absolute Gasteiger partial charge is 0.464 e. The fourth-order valence-electron chi connectivity index (χ4n) is 4.20. The van der Waals surface area contributed by atoms with E-state index in [1.54, 1.807) is 17.6 Å². The lowest BCUT2D eigenvalue weighted by molar-refractivity contribution is 0.616. The van der Waals surface area contributed by atoms with E-state index in [1.807, 2.05) is 30.3 Å². The molecule has 0 fully saturated rings. The molecule has 0 radical (unpaired) electrons.